The highest BCUT2D eigenvalue weighted by atomic mass is 32.2. The predicted octanol–water partition coefficient (Wildman–Crippen LogP) is 1.12. The maximum Gasteiger partial charge on any atom is 0.240 e. The van der Waals surface area contributed by atoms with E-state index >= 15 is 0 Å². The van der Waals surface area contributed by atoms with Crippen LogP contribution in [0, 0.1) is 13.8 Å². The average molecular weight is 299 g/mol. The van der Waals surface area contributed by atoms with Gasteiger partial charge in [0.25, 0.3) is 0 Å². The van der Waals surface area contributed by atoms with Crippen LogP contribution in [0.2, 0.25) is 0 Å². The Hall–Kier alpha value is -0.950. The third kappa shape index (κ3) is 3.58. The van der Waals surface area contributed by atoms with Crippen molar-refractivity contribution in [1.29, 1.82) is 0 Å². The Morgan fingerprint density at radius 2 is 1.90 bits per heavy atom. The van der Waals surface area contributed by atoms with E-state index in [0.29, 0.717) is 26.1 Å². The van der Waals surface area contributed by atoms with E-state index in [1.54, 1.807) is 18.2 Å². The smallest absolute Gasteiger partial charge is 0.240 e. The molecule has 0 unspecified atom stereocenters. The molecule has 0 bridgehead atoms. The first-order valence-corrected chi connectivity index (χ1v) is 8.18. The minimum absolute atomic E-state index is 0.0195. The van der Waals surface area contributed by atoms with Crippen molar-refractivity contribution in [2.24, 2.45) is 0 Å². The minimum atomic E-state index is -3.59. The fourth-order valence-corrected chi connectivity index (χ4v) is 3.33. The van der Waals surface area contributed by atoms with E-state index in [4.69, 9.17) is 4.74 Å². The molecule has 112 valence electrons. The van der Waals surface area contributed by atoms with Gasteiger partial charge in [-0.05, 0) is 37.1 Å². The number of benzene rings is 1. The van der Waals surface area contributed by atoms with E-state index in [-0.39, 0.29) is 11.4 Å². The van der Waals surface area contributed by atoms with Gasteiger partial charge in [-0.3, -0.25) is 0 Å². The van der Waals surface area contributed by atoms with Gasteiger partial charge in [-0.25, -0.2) is 13.1 Å². The molecule has 0 aromatic heterocycles. The van der Waals surface area contributed by atoms with Crippen LogP contribution in [0.3, 0.4) is 0 Å². The van der Waals surface area contributed by atoms with Gasteiger partial charge in [-0.2, -0.15) is 0 Å². The van der Waals surface area contributed by atoms with E-state index in [1.165, 1.54) is 0 Å². The quantitative estimate of drug-likeness (QED) is 0.873. The number of hydrogen-bond acceptors (Lipinski definition) is 4. The first kappa shape index (κ1) is 15.4. The second-order valence-electron chi connectivity index (χ2n) is 5.41. The molecule has 20 heavy (non-hydrogen) atoms. The number of aryl methyl sites for hydroxylation is 2. The second-order valence-corrected chi connectivity index (χ2v) is 7.17. The van der Waals surface area contributed by atoms with Crippen LogP contribution in [-0.2, 0) is 14.8 Å². The molecular weight excluding hydrogens is 278 g/mol. The lowest BCUT2D eigenvalue weighted by Gasteiger charge is -2.31. The summed E-state index contributed by atoms with van der Waals surface area (Å²) in [6, 6.07) is 5.01. The summed E-state index contributed by atoms with van der Waals surface area (Å²) in [6.45, 7) is 4.75. The summed E-state index contributed by atoms with van der Waals surface area (Å²) >= 11 is 0. The third-order valence-electron chi connectivity index (χ3n) is 3.80. The zero-order valence-corrected chi connectivity index (χ0v) is 12.7. The summed E-state index contributed by atoms with van der Waals surface area (Å²) in [5.41, 5.74) is 0.968. The Bertz CT molecular complexity index is 577. The van der Waals surface area contributed by atoms with Gasteiger partial charge < -0.3 is 9.84 Å². The Labute approximate surface area is 120 Å². The van der Waals surface area contributed by atoms with Crippen LogP contribution in [0.1, 0.15) is 24.0 Å². The molecule has 2 rings (SSSR count). The summed E-state index contributed by atoms with van der Waals surface area (Å²) in [5, 5.41) is 10.3. The molecule has 5 nitrogen and oxygen atoms in total. The molecule has 0 atom stereocenters. The van der Waals surface area contributed by atoms with Crippen LogP contribution >= 0.6 is 0 Å². The number of nitrogens with one attached hydrogen (secondary N) is 1. The summed E-state index contributed by atoms with van der Waals surface area (Å²) in [5.74, 6) is 0. The van der Waals surface area contributed by atoms with Gasteiger partial charge in [0, 0.05) is 32.6 Å². The molecule has 2 N–H and O–H groups in total. The van der Waals surface area contributed by atoms with Crippen molar-refractivity contribution >= 4 is 10.0 Å². The van der Waals surface area contributed by atoms with Crippen molar-refractivity contribution in [3.8, 4) is 0 Å². The number of ether oxygens (including phenoxy) is 1. The largest absolute Gasteiger partial charge is 0.388 e. The van der Waals surface area contributed by atoms with Gasteiger partial charge in [0.15, 0.2) is 0 Å². The van der Waals surface area contributed by atoms with E-state index in [1.807, 2.05) is 13.8 Å². The van der Waals surface area contributed by atoms with Crippen molar-refractivity contribution in [2.75, 3.05) is 19.8 Å². The molecule has 1 aromatic rings. The summed E-state index contributed by atoms with van der Waals surface area (Å²) in [6.07, 6.45) is 0.894. The average Bonchev–Trinajstić information content (AvgIpc) is 2.41. The predicted molar refractivity (Wildman–Crippen MR) is 76.1 cm³/mol. The first-order chi connectivity index (χ1) is 9.32. The molecule has 1 aliphatic rings. The van der Waals surface area contributed by atoms with E-state index < -0.39 is 15.6 Å². The molecule has 0 saturated carbocycles. The van der Waals surface area contributed by atoms with Crippen molar-refractivity contribution in [2.45, 2.75) is 37.2 Å². The number of aliphatic hydroxyl groups is 1. The van der Waals surface area contributed by atoms with Gasteiger partial charge in [-0.1, -0.05) is 6.07 Å². The molecule has 0 amide bonds. The topological polar surface area (TPSA) is 75.6 Å². The van der Waals surface area contributed by atoms with Crippen LogP contribution in [0.15, 0.2) is 23.1 Å². The van der Waals surface area contributed by atoms with E-state index in [9.17, 15) is 13.5 Å². The fourth-order valence-electron chi connectivity index (χ4n) is 2.12. The van der Waals surface area contributed by atoms with E-state index in [0.717, 1.165) is 11.1 Å². The van der Waals surface area contributed by atoms with Gasteiger partial charge in [-0.15, -0.1) is 0 Å². The van der Waals surface area contributed by atoms with Crippen LogP contribution in [-0.4, -0.2) is 38.9 Å². The highest BCUT2D eigenvalue weighted by molar-refractivity contribution is 7.89. The maximum atomic E-state index is 12.2. The molecule has 6 heteroatoms. The Kier molecular flexibility index (Phi) is 4.49. The molecule has 0 spiro atoms. The maximum absolute atomic E-state index is 12.2. The Morgan fingerprint density at radius 1 is 1.25 bits per heavy atom. The number of hydrogen-bond donors (Lipinski definition) is 2. The van der Waals surface area contributed by atoms with Crippen LogP contribution in [0.25, 0.3) is 0 Å². The Balaban J connectivity index is 2.09. The van der Waals surface area contributed by atoms with Crippen molar-refractivity contribution in [1.82, 2.24) is 4.72 Å². The summed E-state index contributed by atoms with van der Waals surface area (Å²) < 4.78 is 32.1. The number of sulfonamides is 1. The molecule has 0 aliphatic carbocycles. The first-order valence-electron chi connectivity index (χ1n) is 6.69. The zero-order chi connectivity index (χ0) is 14.8. The molecular formula is C14H21NO4S. The molecule has 1 heterocycles. The molecule has 0 radical (unpaired) electrons. The molecule has 1 fully saturated rings. The highest BCUT2D eigenvalue weighted by Crippen LogP contribution is 2.21. The lowest BCUT2D eigenvalue weighted by Crippen LogP contribution is -2.46. The standard InChI is InChI=1S/C14H21NO4S/c1-11-3-4-13(9-12(11)2)20(17,18)15-10-14(16)5-7-19-8-6-14/h3-4,9,15-16H,5-8,10H2,1-2H3. The van der Waals surface area contributed by atoms with Gasteiger partial charge >= 0.3 is 0 Å². The normalized spacial score (nSPS) is 18.9. The SMILES string of the molecule is Cc1ccc(S(=O)(=O)NCC2(O)CCOCC2)cc1C. The van der Waals surface area contributed by atoms with Crippen LogP contribution in [0.5, 0.6) is 0 Å². The minimum Gasteiger partial charge on any atom is -0.388 e. The molecule has 1 aliphatic heterocycles. The highest BCUT2D eigenvalue weighted by Gasteiger charge is 2.31. The van der Waals surface area contributed by atoms with Gasteiger partial charge in [0.05, 0.1) is 10.5 Å². The Morgan fingerprint density at radius 3 is 2.50 bits per heavy atom. The fraction of sp³-hybridized carbons (Fsp3) is 0.571. The summed E-state index contributed by atoms with van der Waals surface area (Å²) in [4.78, 5) is 0.233. The van der Waals surface area contributed by atoms with Crippen molar-refractivity contribution in [3.63, 3.8) is 0 Å². The molecule has 1 saturated heterocycles. The van der Waals surface area contributed by atoms with Crippen LogP contribution < -0.4 is 4.72 Å². The van der Waals surface area contributed by atoms with Crippen molar-refractivity contribution < 1.29 is 18.3 Å². The number of rotatable bonds is 4. The molecule has 1 aromatic carbocycles. The monoisotopic (exact) mass is 299 g/mol. The van der Waals surface area contributed by atoms with Gasteiger partial charge in [0.1, 0.15) is 0 Å². The lowest BCUT2D eigenvalue weighted by molar-refractivity contribution is -0.0588. The van der Waals surface area contributed by atoms with Crippen LogP contribution in [0.4, 0.5) is 0 Å². The van der Waals surface area contributed by atoms with Gasteiger partial charge in [0.2, 0.25) is 10.0 Å². The summed E-state index contributed by atoms with van der Waals surface area (Å²) in [7, 11) is -3.59. The third-order valence-corrected chi connectivity index (χ3v) is 5.20. The lowest BCUT2D eigenvalue weighted by atomic mass is 9.95. The van der Waals surface area contributed by atoms with Crippen molar-refractivity contribution in [3.05, 3.63) is 29.3 Å². The zero-order valence-electron chi connectivity index (χ0n) is 11.8. The second kappa shape index (κ2) is 5.81. The van der Waals surface area contributed by atoms with E-state index in [2.05, 4.69) is 4.72 Å².